The van der Waals surface area contributed by atoms with E-state index in [1.54, 1.807) is 0 Å². The molecule has 0 fully saturated rings. The number of allylic oxidation sites excluding steroid dienone is 2. The van der Waals surface area contributed by atoms with Gasteiger partial charge in [-0.15, -0.1) is 0 Å². The average Bonchev–Trinajstić information content (AvgIpc) is 2.20. The van der Waals surface area contributed by atoms with E-state index in [1.165, 1.54) is 37.1 Å². The molecule has 0 saturated carbocycles. The zero-order valence-electron chi connectivity index (χ0n) is 10.3. The van der Waals surface area contributed by atoms with Crippen LogP contribution < -0.4 is 0 Å². The van der Waals surface area contributed by atoms with E-state index in [0.717, 1.165) is 0 Å². The van der Waals surface area contributed by atoms with Crippen molar-refractivity contribution in [3.8, 4) is 0 Å². The monoisotopic (exact) mass is 218 g/mol. The lowest BCUT2D eigenvalue weighted by Crippen LogP contribution is -1.85. The van der Waals surface area contributed by atoms with Crippen molar-refractivity contribution in [2.75, 3.05) is 0 Å². The first-order chi connectivity index (χ1) is 7.41. The molecule has 2 nitrogen and oxygen atoms in total. The van der Waals surface area contributed by atoms with E-state index in [-0.39, 0.29) is 11.6 Å². The van der Waals surface area contributed by atoms with Crippen molar-refractivity contribution < 1.29 is 9.59 Å². The molecule has 2 heteroatoms. The maximum absolute atomic E-state index is 10.1. The average molecular weight is 218 g/mol. The summed E-state index contributed by atoms with van der Waals surface area (Å²) in [6, 6.07) is 8.48. The molecule has 16 heavy (non-hydrogen) atoms. The van der Waals surface area contributed by atoms with Gasteiger partial charge in [0.05, 0.1) is 0 Å². The quantitative estimate of drug-likeness (QED) is 0.715. The third-order valence-electron chi connectivity index (χ3n) is 1.77. The Kier molecular flexibility index (Phi) is 6.77. The lowest BCUT2D eigenvalue weighted by Gasteiger charge is -1.90. The van der Waals surface area contributed by atoms with E-state index in [1.807, 2.05) is 0 Å². The SMILES string of the molecule is CC(=O)/C=C\C(C)=O.Cc1ccc(C)cc1. The Bertz CT molecular complexity index is 335. The van der Waals surface area contributed by atoms with Crippen LogP contribution in [0.3, 0.4) is 0 Å². The third-order valence-corrected chi connectivity index (χ3v) is 1.77. The summed E-state index contributed by atoms with van der Waals surface area (Å²) < 4.78 is 0. The highest BCUT2D eigenvalue weighted by Gasteiger charge is 1.83. The van der Waals surface area contributed by atoms with Crippen LogP contribution in [-0.4, -0.2) is 11.6 Å². The summed E-state index contributed by atoms with van der Waals surface area (Å²) in [6.07, 6.45) is 2.50. The molecule has 0 aromatic heterocycles. The van der Waals surface area contributed by atoms with Crippen molar-refractivity contribution in [1.29, 1.82) is 0 Å². The van der Waals surface area contributed by atoms with Gasteiger partial charge in [0, 0.05) is 0 Å². The maximum atomic E-state index is 10.1. The van der Waals surface area contributed by atoms with Crippen molar-refractivity contribution >= 4 is 11.6 Å². The fourth-order valence-corrected chi connectivity index (χ4v) is 0.872. The summed E-state index contributed by atoms with van der Waals surface area (Å²) >= 11 is 0. The Balaban J connectivity index is 0.000000281. The zero-order chi connectivity index (χ0) is 12.6. The Morgan fingerprint density at radius 3 is 1.25 bits per heavy atom. The first kappa shape index (κ1) is 14.3. The van der Waals surface area contributed by atoms with Crippen molar-refractivity contribution in [1.82, 2.24) is 0 Å². The van der Waals surface area contributed by atoms with Gasteiger partial charge in [0.15, 0.2) is 11.6 Å². The highest BCUT2D eigenvalue weighted by molar-refractivity contribution is 5.96. The smallest absolute Gasteiger partial charge is 0.152 e. The second-order valence-electron chi connectivity index (χ2n) is 3.71. The molecule has 86 valence electrons. The Hall–Kier alpha value is -1.70. The second-order valence-corrected chi connectivity index (χ2v) is 3.71. The molecule has 1 aromatic rings. The molecule has 0 spiro atoms. The second kappa shape index (κ2) is 7.57. The highest BCUT2D eigenvalue weighted by Crippen LogP contribution is 1.99. The minimum absolute atomic E-state index is 0.0970. The van der Waals surface area contributed by atoms with Gasteiger partial charge in [0.1, 0.15) is 0 Å². The van der Waals surface area contributed by atoms with Crippen LogP contribution in [0.5, 0.6) is 0 Å². The molecule has 0 radical (unpaired) electrons. The van der Waals surface area contributed by atoms with Crippen LogP contribution >= 0.6 is 0 Å². The molecule has 1 aromatic carbocycles. The van der Waals surface area contributed by atoms with Gasteiger partial charge in [-0.05, 0) is 39.8 Å². The van der Waals surface area contributed by atoms with E-state index in [0.29, 0.717) is 0 Å². The molecular formula is C14H18O2. The van der Waals surface area contributed by atoms with Crippen LogP contribution in [0.1, 0.15) is 25.0 Å². The van der Waals surface area contributed by atoms with E-state index in [9.17, 15) is 9.59 Å². The normalized spacial score (nSPS) is 9.50. The Morgan fingerprint density at radius 2 is 1.06 bits per heavy atom. The van der Waals surface area contributed by atoms with Gasteiger partial charge in [0.25, 0.3) is 0 Å². The summed E-state index contributed by atoms with van der Waals surface area (Å²) in [5.74, 6) is -0.194. The van der Waals surface area contributed by atoms with E-state index < -0.39 is 0 Å². The molecule has 1 rings (SSSR count). The Labute approximate surface area is 97.0 Å². The summed E-state index contributed by atoms with van der Waals surface area (Å²) in [6.45, 7) is 7.00. The van der Waals surface area contributed by atoms with Crippen LogP contribution in [0.15, 0.2) is 36.4 Å². The highest BCUT2D eigenvalue weighted by atomic mass is 16.1. The number of rotatable bonds is 2. The van der Waals surface area contributed by atoms with Gasteiger partial charge < -0.3 is 0 Å². The van der Waals surface area contributed by atoms with Crippen molar-refractivity contribution in [3.05, 3.63) is 47.5 Å². The lowest BCUT2D eigenvalue weighted by molar-refractivity contribution is -0.114. The number of benzene rings is 1. The molecule has 0 bridgehead atoms. The Morgan fingerprint density at radius 1 is 0.812 bits per heavy atom. The molecule has 0 aliphatic carbocycles. The maximum Gasteiger partial charge on any atom is 0.152 e. The van der Waals surface area contributed by atoms with Crippen molar-refractivity contribution in [3.63, 3.8) is 0 Å². The van der Waals surface area contributed by atoms with Crippen LogP contribution in [0, 0.1) is 13.8 Å². The number of hydrogen-bond donors (Lipinski definition) is 0. The summed E-state index contributed by atoms with van der Waals surface area (Å²) in [5.41, 5.74) is 2.66. The topological polar surface area (TPSA) is 34.1 Å². The minimum Gasteiger partial charge on any atom is -0.295 e. The van der Waals surface area contributed by atoms with E-state index in [2.05, 4.69) is 38.1 Å². The van der Waals surface area contributed by atoms with Gasteiger partial charge in [-0.3, -0.25) is 9.59 Å². The van der Waals surface area contributed by atoms with Gasteiger partial charge in [-0.25, -0.2) is 0 Å². The largest absolute Gasteiger partial charge is 0.295 e. The number of aryl methyl sites for hydroxylation is 2. The molecule has 0 atom stereocenters. The van der Waals surface area contributed by atoms with Gasteiger partial charge in [-0.2, -0.15) is 0 Å². The molecule has 0 N–H and O–H groups in total. The standard InChI is InChI=1S/C8H10.C6H8O2/c1-7-3-5-8(2)6-4-7;1-5(7)3-4-6(2)8/h3-6H,1-2H3;3-4H,1-2H3/b;4-3-. The number of carbonyl (C=O) groups excluding carboxylic acids is 2. The molecule has 0 unspecified atom stereocenters. The molecule has 0 saturated heterocycles. The first-order valence-corrected chi connectivity index (χ1v) is 5.14. The zero-order valence-corrected chi connectivity index (χ0v) is 10.3. The summed E-state index contributed by atoms with van der Waals surface area (Å²) in [7, 11) is 0. The third kappa shape index (κ3) is 8.88. The van der Waals surface area contributed by atoms with E-state index in [4.69, 9.17) is 0 Å². The number of ketones is 2. The van der Waals surface area contributed by atoms with Crippen LogP contribution in [0.25, 0.3) is 0 Å². The van der Waals surface area contributed by atoms with Gasteiger partial charge in [-0.1, -0.05) is 35.4 Å². The van der Waals surface area contributed by atoms with Crippen LogP contribution in [0.2, 0.25) is 0 Å². The predicted octanol–water partition coefficient (Wildman–Crippen LogP) is 3.02. The fraction of sp³-hybridized carbons (Fsp3) is 0.286. The first-order valence-electron chi connectivity index (χ1n) is 5.14. The molecule has 0 amide bonds. The number of carbonyl (C=O) groups is 2. The lowest BCUT2D eigenvalue weighted by atomic mass is 10.2. The summed E-state index contributed by atoms with van der Waals surface area (Å²) in [5, 5.41) is 0. The van der Waals surface area contributed by atoms with Crippen molar-refractivity contribution in [2.24, 2.45) is 0 Å². The van der Waals surface area contributed by atoms with Crippen LogP contribution in [0.4, 0.5) is 0 Å². The van der Waals surface area contributed by atoms with Gasteiger partial charge >= 0.3 is 0 Å². The van der Waals surface area contributed by atoms with E-state index >= 15 is 0 Å². The number of hydrogen-bond acceptors (Lipinski definition) is 2. The summed E-state index contributed by atoms with van der Waals surface area (Å²) in [4.78, 5) is 20.2. The predicted molar refractivity (Wildman–Crippen MR) is 66.4 cm³/mol. The van der Waals surface area contributed by atoms with Crippen LogP contribution in [-0.2, 0) is 9.59 Å². The van der Waals surface area contributed by atoms with Crippen molar-refractivity contribution in [2.45, 2.75) is 27.7 Å². The van der Waals surface area contributed by atoms with Gasteiger partial charge in [0.2, 0.25) is 0 Å². The molecule has 0 aliphatic rings. The fourth-order valence-electron chi connectivity index (χ4n) is 0.872. The molecule has 0 aliphatic heterocycles. The molecule has 0 heterocycles. The molecular weight excluding hydrogens is 200 g/mol. The minimum atomic E-state index is -0.0970.